The van der Waals surface area contributed by atoms with E-state index in [4.69, 9.17) is 11.6 Å². The lowest BCUT2D eigenvalue weighted by Crippen LogP contribution is -2.08. The molecule has 0 amide bonds. The van der Waals surface area contributed by atoms with Gasteiger partial charge in [-0.2, -0.15) is 0 Å². The van der Waals surface area contributed by atoms with E-state index in [-0.39, 0.29) is 11.2 Å². The van der Waals surface area contributed by atoms with E-state index in [2.05, 4.69) is 22.9 Å². The first-order valence-corrected chi connectivity index (χ1v) is 5.47. The molecule has 0 rings (SSSR count). The van der Waals surface area contributed by atoms with E-state index in [0.29, 0.717) is 0 Å². The highest BCUT2D eigenvalue weighted by atomic mass is 79.9. The summed E-state index contributed by atoms with van der Waals surface area (Å²) in [6.07, 6.45) is 3.91. The number of alkyl halides is 1. The fourth-order valence-corrected chi connectivity index (χ4v) is 1.59. The van der Waals surface area contributed by atoms with Gasteiger partial charge in [0.2, 0.25) is 5.24 Å². The van der Waals surface area contributed by atoms with Gasteiger partial charge < -0.3 is 0 Å². The minimum atomic E-state index is -0.173. The Kier molecular flexibility index (Phi) is 7.39. The Morgan fingerprint density at radius 1 is 1.55 bits per heavy atom. The molecule has 0 aliphatic carbocycles. The third-order valence-electron chi connectivity index (χ3n) is 1.64. The molecule has 0 bridgehead atoms. The topological polar surface area (TPSA) is 17.1 Å². The number of hydrogen-bond donors (Lipinski definition) is 0. The molecule has 0 saturated carbocycles. The average Bonchev–Trinajstić information content (AvgIpc) is 1.97. The molecule has 0 aromatic heterocycles. The normalized spacial score (nSPS) is 13.0. The standard InChI is InChI=1S/C8H14BrClO/c1-2-4-7(8(10)11)5-3-6-9/h7H,2-6H2,1H3. The van der Waals surface area contributed by atoms with Crippen molar-refractivity contribution in [2.75, 3.05) is 5.33 Å². The molecule has 11 heavy (non-hydrogen) atoms. The smallest absolute Gasteiger partial charge is 0.224 e. The van der Waals surface area contributed by atoms with E-state index in [9.17, 15) is 4.79 Å². The molecule has 3 heteroatoms. The van der Waals surface area contributed by atoms with E-state index in [1.54, 1.807) is 0 Å². The maximum atomic E-state index is 10.8. The van der Waals surface area contributed by atoms with Gasteiger partial charge in [0, 0.05) is 11.2 Å². The van der Waals surface area contributed by atoms with Crippen LogP contribution in [-0.4, -0.2) is 10.6 Å². The Morgan fingerprint density at radius 3 is 2.55 bits per heavy atom. The lowest BCUT2D eigenvalue weighted by Gasteiger charge is -2.08. The van der Waals surface area contributed by atoms with Crippen LogP contribution in [0.2, 0.25) is 0 Å². The summed E-state index contributed by atoms with van der Waals surface area (Å²) in [5, 5.41) is 0.782. The number of rotatable bonds is 6. The van der Waals surface area contributed by atoms with Crippen LogP contribution in [-0.2, 0) is 4.79 Å². The highest BCUT2D eigenvalue weighted by Gasteiger charge is 2.13. The van der Waals surface area contributed by atoms with Crippen LogP contribution in [0.15, 0.2) is 0 Å². The largest absolute Gasteiger partial charge is 0.281 e. The highest BCUT2D eigenvalue weighted by molar-refractivity contribution is 9.09. The van der Waals surface area contributed by atoms with E-state index >= 15 is 0 Å². The van der Waals surface area contributed by atoms with Crippen molar-refractivity contribution in [3.63, 3.8) is 0 Å². The van der Waals surface area contributed by atoms with Crippen molar-refractivity contribution in [3.05, 3.63) is 0 Å². The van der Waals surface area contributed by atoms with Crippen molar-refractivity contribution in [3.8, 4) is 0 Å². The molecule has 0 aromatic rings. The molecule has 0 fully saturated rings. The molecule has 0 heterocycles. The summed E-state index contributed by atoms with van der Waals surface area (Å²) in [7, 11) is 0. The quantitative estimate of drug-likeness (QED) is 0.515. The van der Waals surface area contributed by atoms with Crippen LogP contribution in [0.1, 0.15) is 32.6 Å². The summed E-state index contributed by atoms with van der Waals surface area (Å²) in [5.41, 5.74) is 0. The zero-order valence-electron chi connectivity index (χ0n) is 6.78. The van der Waals surface area contributed by atoms with Crippen LogP contribution in [0.25, 0.3) is 0 Å². The van der Waals surface area contributed by atoms with Gasteiger partial charge in [0.15, 0.2) is 0 Å². The Bertz CT molecular complexity index is 117. The van der Waals surface area contributed by atoms with E-state index in [1.165, 1.54) is 0 Å². The molecule has 1 nitrogen and oxygen atoms in total. The zero-order chi connectivity index (χ0) is 8.69. The van der Waals surface area contributed by atoms with Crippen molar-refractivity contribution in [1.82, 2.24) is 0 Å². The fourth-order valence-electron chi connectivity index (χ4n) is 1.04. The SMILES string of the molecule is CCCC(CCCBr)C(=O)Cl. The number of carbonyl (C=O) groups excluding carboxylic acids is 1. The minimum Gasteiger partial charge on any atom is -0.281 e. The molecule has 0 aromatic carbocycles. The zero-order valence-corrected chi connectivity index (χ0v) is 9.12. The first-order valence-electron chi connectivity index (χ1n) is 3.97. The third-order valence-corrected chi connectivity index (χ3v) is 2.51. The van der Waals surface area contributed by atoms with Crippen LogP contribution in [0.5, 0.6) is 0 Å². The lowest BCUT2D eigenvalue weighted by atomic mass is 10.0. The first-order chi connectivity index (χ1) is 5.22. The summed E-state index contributed by atoms with van der Waals surface area (Å²) in [6.45, 7) is 2.07. The number of carbonyl (C=O) groups is 1. The third kappa shape index (κ3) is 5.68. The highest BCUT2D eigenvalue weighted by Crippen LogP contribution is 2.16. The molecule has 0 radical (unpaired) electrons. The van der Waals surface area contributed by atoms with Crippen molar-refractivity contribution in [2.24, 2.45) is 5.92 Å². The van der Waals surface area contributed by atoms with Crippen LogP contribution < -0.4 is 0 Å². The van der Waals surface area contributed by atoms with E-state index in [0.717, 1.165) is 31.0 Å². The first kappa shape index (κ1) is 11.4. The summed E-state index contributed by atoms with van der Waals surface area (Å²) in [4.78, 5) is 10.8. The summed E-state index contributed by atoms with van der Waals surface area (Å²) < 4.78 is 0. The summed E-state index contributed by atoms with van der Waals surface area (Å²) >= 11 is 8.73. The number of hydrogen-bond acceptors (Lipinski definition) is 1. The molecule has 1 atom stereocenters. The fraction of sp³-hybridized carbons (Fsp3) is 0.875. The van der Waals surface area contributed by atoms with Gasteiger partial charge in [0.25, 0.3) is 0 Å². The molecule has 66 valence electrons. The summed E-state index contributed by atoms with van der Waals surface area (Å²) in [6, 6.07) is 0. The van der Waals surface area contributed by atoms with Crippen LogP contribution in [0.3, 0.4) is 0 Å². The second kappa shape index (κ2) is 7.11. The Labute approximate surface area is 81.6 Å². The summed E-state index contributed by atoms with van der Waals surface area (Å²) in [5.74, 6) is 0.0826. The predicted molar refractivity (Wildman–Crippen MR) is 52.3 cm³/mol. The van der Waals surface area contributed by atoms with Crippen LogP contribution >= 0.6 is 27.5 Å². The van der Waals surface area contributed by atoms with Gasteiger partial charge in [0.05, 0.1) is 0 Å². The molecular weight excluding hydrogens is 227 g/mol. The molecule has 0 aliphatic heterocycles. The molecule has 0 spiro atoms. The molecule has 0 N–H and O–H groups in total. The van der Waals surface area contributed by atoms with E-state index in [1.807, 2.05) is 0 Å². The predicted octanol–water partition coefficient (Wildman–Crippen LogP) is 3.34. The Hall–Kier alpha value is 0.440. The Balaban J connectivity index is 3.60. The molecule has 1 unspecified atom stereocenters. The van der Waals surface area contributed by atoms with Crippen molar-refractivity contribution >= 4 is 32.8 Å². The molecule has 0 saturated heterocycles. The van der Waals surface area contributed by atoms with Crippen molar-refractivity contribution in [2.45, 2.75) is 32.6 Å². The van der Waals surface area contributed by atoms with Crippen LogP contribution in [0, 0.1) is 5.92 Å². The van der Waals surface area contributed by atoms with Gasteiger partial charge >= 0.3 is 0 Å². The lowest BCUT2D eigenvalue weighted by molar-refractivity contribution is -0.115. The molecular formula is C8H14BrClO. The second-order valence-electron chi connectivity index (χ2n) is 2.62. The van der Waals surface area contributed by atoms with Gasteiger partial charge in [-0.25, -0.2) is 0 Å². The minimum absolute atomic E-state index is 0.0826. The van der Waals surface area contributed by atoms with Gasteiger partial charge in [-0.1, -0.05) is 29.3 Å². The molecule has 0 aliphatic rings. The van der Waals surface area contributed by atoms with Crippen molar-refractivity contribution < 1.29 is 4.79 Å². The average molecular weight is 242 g/mol. The van der Waals surface area contributed by atoms with Gasteiger partial charge in [-0.05, 0) is 30.9 Å². The monoisotopic (exact) mass is 240 g/mol. The van der Waals surface area contributed by atoms with E-state index < -0.39 is 0 Å². The van der Waals surface area contributed by atoms with Gasteiger partial charge in [-0.15, -0.1) is 0 Å². The Morgan fingerprint density at radius 2 is 2.18 bits per heavy atom. The van der Waals surface area contributed by atoms with Crippen LogP contribution in [0.4, 0.5) is 0 Å². The van der Waals surface area contributed by atoms with Crippen molar-refractivity contribution in [1.29, 1.82) is 0 Å². The maximum absolute atomic E-state index is 10.8. The van der Waals surface area contributed by atoms with Gasteiger partial charge in [-0.3, -0.25) is 4.79 Å². The maximum Gasteiger partial charge on any atom is 0.224 e. The number of halogens is 2. The second-order valence-corrected chi connectivity index (χ2v) is 3.79. The van der Waals surface area contributed by atoms with Gasteiger partial charge in [0.1, 0.15) is 0 Å².